The zero-order valence-corrected chi connectivity index (χ0v) is 25.2. The summed E-state index contributed by atoms with van der Waals surface area (Å²) in [6.07, 6.45) is 0. The van der Waals surface area contributed by atoms with E-state index in [9.17, 15) is 18.0 Å². The van der Waals surface area contributed by atoms with Gasteiger partial charge in [0.15, 0.2) is 0 Å². The summed E-state index contributed by atoms with van der Waals surface area (Å²) >= 11 is 3.41. The fraction of sp³-hybridized carbons (Fsp3) is 0.310. The Kier molecular flexibility index (Phi) is 10.2. The Balaban J connectivity index is 2.09. The number of likely N-dealkylation sites (N-methyl/N-ethyl adjacent to an activating group) is 1. The molecule has 0 spiro atoms. The van der Waals surface area contributed by atoms with Gasteiger partial charge in [0.25, 0.3) is 10.0 Å². The first kappa shape index (κ1) is 30.2. The summed E-state index contributed by atoms with van der Waals surface area (Å²) in [5.74, 6) is -0.555. The minimum atomic E-state index is -4.18. The van der Waals surface area contributed by atoms with E-state index in [1.54, 1.807) is 44.2 Å². The Morgan fingerprint density at radius 1 is 0.974 bits per heavy atom. The van der Waals surface area contributed by atoms with Crippen molar-refractivity contribution in [3.8, 4) is 5.75 Å². The molecule has 1 atom stereocenters. The lowest BCUT2D eigenvalue weighted by atomic mass is 10.1. The highest BCUT2D eigenvalue weighted by Gasteiger charge is 2.33. The topological polar surface area (TPSA) is 96.0 Å². The second kappa shape index (κ2) is 13.1. The number of amides is 2. The number of rotatable bonds is 11. The van der Waals surface area contributed by atoms with E-state index in [2.05, 4.69) is 21.2 Å². The molecule has 0 radical (unpaired) electrons. The van der Waals surface area contributed by atoms with Gasteiger partial charge in [0.2, 0.25) is 11.8 Å². The highest BCUT2D eigenvalue weighted by molar-refractivity contribution is 9.10. The van der Waals surface area contributed by atoms with Gasteiger partial charge in [-0.25, -0.2) is 8.42 Å². The fourth-order valence-corrected chi connectivity index (χ4v) is 5.72. The Bertz CT molecular complexity index is 1410. The zero-order chi connectivity index (χ0) is 28.7. The lowest BCUT2D eigenvalue weighted by Crippen LogP contribution is -2.51. The van der Waals surface area contributed by atoms with Gasteiger partial charge < -0.3 is 15.0 Å². The highest BCUT2D eigenvalue weighted by atomic mass is 79.9. The summed E-state index contributed by atoms with van der Waals surface area (Å²) in [5, 5.41) is 2.76. The van der Waals surface area contributed by atoms with Crippen LogP contribution in [-0.4, -0.2) is 51.4 Å². The van der Waals surface area contributed by atoms with Crippen molar-refractivity contribution >= 4 is 43.5 Å². The second-order valence-corrected chi connectivity index (χ2v) is 12.0. The van der Waals surface area contributed by atoms with Crippen molar-refractivity contribution in [3.05, 3.63) is 87.9 Å². The lowest BCUT2D eigenvalue weighted by Gasteiger charge is -2.32. The molecule has 0 aliphatic heterocycles. The summed E-state index contributed by atoms with van der Waals surface area (Å²) in [6, 6.07) is 18.1. The standard InChI is InChI=1S/C29H34BrN3O5S/c1-6-31-29(35)22(4)32(18-23-10-12-24(30)13-11-23)28(34)19-33(26-17-21(3)9-16-27(26)38-5)39(36,37)25-14-7-20(2)8-15-25/h7-17,22H,6,18-19H2,1-5H3,(H,31,35)/t22-/m1/s1. The largest absolute Gasteiger partial charge is 0.495 e. The summed E-state index contributed by atoms with van der Waals surface area (Å²) < 4.78 is 35.4. The first-order valence-electron chi connectivity index (χ1n) is 12.5. The predicted octanol–water partition coefficient (Wildman–Crippen LogP) is 4.82. The molecule has 3 aromatic rings. The molecule has 0 saturated carbocycles. The van der Waals surface area contributed by atoms with E-state index >= 15 is 0 Å². The Labute approximate surface area is 239 Å². The van der Waals surface area contributed by atoms with E-state index < -0.39 is 28.5 Å². The van der Waals surface area contributed by atoms with Gasteiger partial charge in [-0.1, -0.05) is 51.8 Å². The van der Waals surface area contributed by atoms with Crippen LogP contribution in [0.25, 0.3) is 0 Å². The Hall–Kier alpha value is -3.37. The van der Waals surface area contributed by atoms with Crippen LogP contribution in [0.15, 0.2) is 76.1 Å². The number of nitrogens with one attached hydrogen (secondary N) is 1. The SMILES string of the molecule is CCNC(=O)[C@@H](C)N(Cc1ccc(Br)cc1)C(=O)CN(c1cc(C)ccc1OC)S(=O)(=O)c1ccc(C)cc1. The van der Waals surface area contributed by atoms with Gasteiger partial charge in [-0.05, 0) is 75.2 Å². The van der Waals surface area contributed by atoms with E-state index in [1.165, 1.54) is 24.1 Å². The molecule has 0 unspecified atom stereocenters. The predicted molar refractivity (Wildman–Crippen MR) is 156 cm³/mol. The zero-order valence-electron chi connectivity index (χ0n) is 22.8. The van der Waals surface area contributed by atoms with Crippen LogP contribution in [-0.2, 0) is 26.2 Å². The molecule has 0 aliphatic carbocycles. The molecule has 208 valence electrons. The van der Waals surface area contributed by atoms with Crippen molar-refractivity contribution in [3.63, 3.8) is 0 Å². The monoisotopic (exact) mass is 615 g/mol. The van der Waals surface area contributed by atoms with Crippen molar-refractivity contribution < 1.29 is 22.7 Å². The summed E-state index contributed by atoms with van der Waals surface area (Å²) in [7, 11) is -2.74. The van der Waals surface area contributed by atoms with Gasteiger partial charge in [0.1, 0.15) is 18.3 Å². The second-order valence-electron chi connectivity index (χ2n) is 9.22. The molecule has 0 saturated heterocycles. The average Bonchev–Trinajstić information content (AvgIpc) is 2.91. The van der Waals surface area contributed by atoms with Gasteiger partial charge in [-0.15, -0.1) is 0 Å². The van der Waals surface area contributed by atoms with Crippen molar-refractivity contribution in [2.75, 3.05) is 24.5 Å². The van der Waals surface area contributed by atoms with Gasteiger partial charge in [0.05, 0.1) is 17.7 Å². The lowest BCUT2D eigenvalue weighted by molar-refractivity contribution is -0.139. The first-order valence-corrected chi connectivity index (χ1v) is 14.8. The molecular weight excluding hydrogens is 582 g/mol. The third-order valence-corrected chi connectivity index (χ3v) is 8.58. The Morgan fingerprint density at radius 2 is 1.59 bits per heavy atom. The number of hydrogen-bond acceptors (Lipinski definition) is 5. The van der Waals surface area contributed by atoms with Gasteiger partial charge >= 0.3 is 0 Å². The molecular formula is C29H34BrN3O5S. The van der Waals surface area contributed by atoms with Crippen LogP contribution >= 0.6 is 15.9 Å². The number of carbonyl (C=O) groups is 2. The number of ether oxygens (including phenoxy) is 1. The van der Waals surface area contributed by atoms with Crippen molar-refractivity contribution in [2.24, 2.45) is 0 Å². The van der Waals surface area contributed by atoms with Crippen LogP contribution in [0.4, 0.5) is 5.69 Å². The number of anilines is 1. The van der Waals surface area contributed by atoms with Crippen LogP contribution in [0.1, 0.15) is 30.5 Å². The summed E-state index contributed by atoms with van der Waals surface area (Å²) in [6.45, 7) is 7.11. The number of aryl methyl sites for hydroxylation is 2. The molecule has 8 nitrogen and oxygen atoms in total. The molecule has 3 aromatic carbocycles. The molecule has 3 rings (SSSR count). The molecule has 2 amide bonds. The Morgan fingerprint density at radius 3 is 2.18 bits per heavy atom. The smallest absolute Gasteiger partial charge is 0.264 e. The maximum absolute atomic E-state index is 14.0. The van der Waals surface area contributed by atoms with E-state index in [1.807, 2.05) is 38.1 Å². The summed E-state index contributed by atoms with van der Waals surface area (Å²) in [4.78, 5) is 28.2. The van der Waals surface area contributed by atoms with Gasteiger partial charge in [-0.3, -0.25) is 13.9 Å². The minimum Gasteiger partial charge on any atom is -0.495 e. The van der Waals surface area contributed by atoms with Crippen LogP contribution < -0.4 is 14.4 Å². The molecule has 0 fully saturated rings. The molecule has 0 aliphatic rings. The number of halogens is 1. The maximum atomic E-state index is 14.0. The molecule has 0 bridgehead atoms. The van der Waals surface area contributed by atoms with Crippen molar-refractivity contribution in [2.45, 2.75) is 45.2 Å². The number of sulfonamides is 1. The van der Waals surface area contributed by atoms with E-state index in [0.717, 1.165) is 25.5 Å². The first-order chi connectivity index (χ1) is 18.5. The number of methoxy groups -OCH3 is 1. The van der Waals surface area contributed by atoms with Gasteiger partial charge in [0, 0.05) is 17.6 Å². The van der Waals surface area contributed by atoms with E-state index in [-0.39, 0.29) is 23.0 Å². The third kappa shape index (κ3) is 7.39. The molecule has 1 N–H and O–H groups in total. The van der Waals surface area contributed by atoms with Crippen LogP contribution in [0.5, 0.6) is 5.75 Å². The molecule has 0 heterocycles. The molecule has 39 heavy (non-hydrogen) atoms. The van der Waals surface area contributed by atoms with Crippen molar-refractivity contribution in [1.82, 2.24) is 10.2 Å². The van der Waals surface area contributed by atoms with Crippen molar-refractivity contribution in [1.29, 1.82) is 0 Å². The minimum absolute atomic E-state index is 0.0423. The molecule has 0 aromatic heterocycles. The number of hydrogen-bond donors (Lipinski definition) is 1. The van der Waals surface area contributed by atoms with E-state index in [4.69, 9.17) is 4.74 Å². The van der Waals surface area contributed by atoms with Crippen LogP contribution in [0.3, 0.4) is 0 Å². The van der Waals surface area contributed by atoms with Gasteiger partial charge in [-0.2, -0.15) is 0 Å². The quantitative estimate of drug-likeness (QED) is 0.333. The van der Waals surface area contributed by atoms with Crippen LogP contribution in [0.2, 0.25) is 0 Å². The fourth-order valence-electron chi connectivity index (χ4n) is 4.04. The number of benzene rings is 3. The maximum Gasteiger partial charge on any atom is 0.264 e. The normalized spacial score (nSPS) is 11.9. The third-order valence-electron chi connectivity index (χ3n) is 6.28. The average molecular weight is 617 g/mol. The van der Waals surface area contributed by atoms with E-state index in [0.29, 0.717) is 12.3 Å². The highest BCUT2D eigenvalue weighted by Crippen LogP contribution is 2.34. The van der Waals surface area contributed by atoms with Crippen LogP contribution in [0, 0.1) is 13.8 Å². The molecule has 10 heteroatoms. The number of carbonyl (C=O) groups excluding carboxylic acids is 2. The number of nitrogens with zero attached hydrogens (tertiary/aromatic N) is 2. The summed E-state index contributed by atoms with van der Waals surface area (Å²) in [5.41, 5.74) is 2.73.